The minimum absolute atomic E-state index is 0.0490. The Hall–Kier alpha value is -3.35. The van der Waals surface area contributed by atoms with Crippen molar-refractivity contribution in [3.63, 3.8) is 0 Å². The van der Waals surface area contributed by atoms with Gasteiger partial charge in [-0.15, -0.1) is 0 Å². The van der Waals surface area contributed by atoms with Crippen molar-refractivity contribution in [3.8, 4) is 17.2 Å². The molecule has 2 heterocycles. The standard InChI is InChI=1S/C19H16N2O5/c1-12-3-2-4-14-18(12)20-10-21(19(14)23)8-7-17(22)26-13-5-6-15-16(9-13)25-11-24-15/h2-6,9-10H,7-8,11H2,1H3. The highest BCUT2D eigenvalue weighted by molar-refractivity contribution is 5.80. The Kier molecular flexibility index (Phi) is 4.04. The molecule has 2 aromatic carbocycles. The molecule has 1 aliphatic rings. The van der Waals surface area contributed by atoms with Crippen molar-refractivity contribution >= 4 is 16.9 Å². The number of nitrogens with zero attached hydrogens (tertiary/aromatic N) is 2. The third kappa shape index (κ3) is 2.99. The molecule has 0 saturated carbocycles. The summed E-state index contributed by atoms with van der Waals surface area (Å²) >= 11 is 0. The molecule has 0 bridgehead atoms. The molecule has 1 aliphatic heterocycles. The first kappa shape index (κ1) is 16.1. The zero-order valence-corrected chi connectivity index (χ0v) is 14.1. The molecular weight excluding hydrogens is 336 g/mol. The Morgan fingerprint density at radius 1 is 1.23 bits per heavy atom. The fraction of sp³-hybridized carbons (Fsp3) is 0.211. The van der Waals surface area contributed by atoms with Crippen LogP contribution < -0.4 is 19.8 Å². The van der Waals surface area contributed by atoms with Crippen molar-refractivity contribution < 1.29 is 19.0 Å². The molecule has 0 saturated heterocycles. The highest BCUT2D eigenvalue weighted by atomic mass is 16.7. The number of benzene rings is 2. The van der Waals surface area contributed by atoms with Gasteiger partial charge in [-0.2, -0.15) is 0 Å². The Balaban J connectivity index is 1.45. The smallest absolute Gasteiger partial charge is 0.312 e. The molecule has 0 radical (unpaired) electrons. The minimum atomic E-state index is -0.444. The quantitative estimate of drug-likeness (QED) is 0.530. The molecule has 4 rings (SSSR count). The number of esters is 1. The van der Waals surface area contributed by atoms with Crippen LogP contribution in [0, 0.1) is 6.92 Å². The maximum Gasteiger partial charge on any atom is 0.312 e. The van der Waals surface area contributed by atoms with E-state index in [-0.39, 0.29) is 25.3 Å². The summed E-state index contributed by atoms with van der Waals surface area (Å²) in [5, 5.41) is 0.539. The van der Waals surface area contributed by atoms with Gasteiger partial charge in [-0.25, -0.2) is 4.98 Å². The molecule has 7 heteroatoms. The topological polar surface area (TPSA) is 79.7 Å². The third-order valence-corrected chi connectivity index (χ3v) is 4.19. The fourth-order valence-corrected chi connectivity index (χ4v) is 2.83. The molecule has 26 heavy (non-hydrogen) atoms. The van der Waals surface area contributed by atoms with E-state index in [0.29, 0.717) is 28.2 Å². The Morgan fingerprint density at radius 2 is 2.08 bits per heavy atom. The lowest BCUT2D eigenvalue weighted by Crippen LogP contribution is -2.23. The molecule has 0 spiro atoms. The number of hydrogen-bond donors (Lipinski definition) is 0. The first-order valence-electron chi connectivity index (χ1n) is 8.17. The van der Waals surface area contributed by atoms with E-state index in [1.54, 1.807) is 24.3 Å². The van der Waals surface area contributed by atoms with Crippen LogP contribution in [0.15, 0.2) is 47.5 Å². The number of aryl methyl sites for hydroxylation is 2. The molecule has 0 atom stereocenters. The van der Waals surface area contributed by atoms with Crippen LogP contribution >= 0.6 is 0 Å². The van der Waals surface area contributed by atoms with E-state index >= 15 is 0 Å². The number of rotatable bonds is 4. The zero-order valence-electron chi connectivity index (χ0n) is 14.1. The summed E-state index contributed by atoms with van der Waals surface area (Å²) in [4.78, 5) is 28.9. The maximum absolute atomic E-state index is 12.5. The first-order valence-corrected chi connectivity index (χ1v) is 8.17. The highest BCUT2D eigenvalue weighted by Gasteiger charge is 2.15. The Bertz CT molecular complexity index is 1060. The molecule has 132 valence electrons. The van der Waals surface area contributed by atoms with Gasteiger partial charge in [0.05, 0.1) is 23.7 Å². The van der Waals surface area contributed by atoms with Gasteiger partial charge in [0.2, 0.25) is 6.79 Å². The van der Waals surface area contributed by atoms with E-state index in [4.69, 9.17) is 14.2 Å². The van der Waals surface area contributed by atoms with Gasteiger partial charge in [0, 0.05) is 12.6 Å². The second-order valence-electron chi connectivity index (χ2n) is 5.95. The predicted molar refractivity (Wildman–Crippen MR) is 93.6 cm³/mol. The van der Waals surface area contributed by atoms with Crippen molar-refractivity contribution in [2.24, 2.45) is 0 Å². The molecule has 0 aliphatic carbocycles. The lowest BCUT2D eigenvalue weighted by atomic mass is 10.1. The number of fused-ring (bicyclic) bond motifs is 2. The maximum atomic E-state index is 12.5. The lowest BCUT2D eigenvalue weighted by Gasteiger charge is -2.08. The number of carbonyl (C=O) groups excluding carboxylic acids is 1. The predicted octanol–water partition coefficient (Wildman–Crippen LogP) is 2.43. The van der Waals surface area contributed by atoms with E-state index in [2.05, 4.69) is 4.98 Å². The van der Waals surface area contributed by atoms with Crippen LogP contribution in [-0.4, -0.2) is 22.3 Å². The molecule has 1 aromatic heterocycles. The largest absolute Gasteiger partial charge is 0.454 e. The van der Waals surface area contributed by atoms with Gasteiger partial charge in [0.1, 0.15) is 5.75 Å². The summed E-state index contributed by atoms with van der Waals surface area (Å²) in [5.41, 5.74) is 1.44. The zero-order chi connectivity index (χ0) is 18.1. The van der Waals surface area contributed by atoms with Crippen LogP contribution in [0.2, 0.25) is 0 Å². The van der Waals surface area contributed by atoms with Crippen molar-refractivity contribution in [3.05, 3.63) is 58.6 Å². The van der Waals surface area contributed by atoms with Crippen molar-refractivity contribution in [2.75, 3.05) is 6.79 Å². The Morgan fingerprint density at radius 3 is 2.96 bits per heavy atom. The van der Waals surface area contributed by atoms with E-state index < -0.39 is 5.97 Å². The average molecular weight is 352 g/mol. The van der Waals surface area contributed by atoms with E-state index in [9.17, 15) is 9.59 Å². The van der Waals surface area contributed by atoms with Crippen molar-refractivity contribution in [1.82, 2.24) is 9.55 Å². The van der Waals surface area contributed by atoms with Crippen LogP contribution in [0.5, 0.6) is 17.2 Å². The Labute approximate surface area is 148 Å². The second kappa shape index (κ2) is 6.51. The van der Waals surface area contributed by atoms with Crippen LogP contribution in [-0.2, 0) is 11.3 Å². The average Bonchev–Trinajstić information content (AvgIpc) is 3.09. The number of para-hydroxylation sites is 1. The van der Waals surface area contributed by atoms with E-state index in [1.807, 2.05) is 19.1 Å². The summed E-state index contributed by atoms with van der Waals surface area (Å²) < 4.78 is 17.2. The molecule has 0 fully saturated rings. The van der Waals surface area contributed by atoms with Crippen molar-refractivity contribution in [1.29, 1.82) is 0 Å². The van der Waals surface area contributed by atoms with Gasteiger partial charge < -0.3 is 14.2 Å². The summed E-state index contributed by atoms with van der Waals surface area (Å²) in [6.45, 7) is 2.25. The van der Waals surface area contributed by atoms with Gasteiger partial charge in [-0.1, -0.05) is 12.1 Å². The minimum Gasteiger partial charge on any atom is -0.454 e. The van der Waals surface area contributed by atoms with Gasteiger partial charge in [0.15, 0.2) is 11.5 Å². The number of hydrogen-bond acceptors (Lipinski definition) is 6. The summed E-state index contributed by atoms with van der Waals surface area (Å²) in [5.74, 6) is 1.09. The van der Waals surface area contributed by atoms with Crippen LogP contribution in [0.4, 0.5) is 0 Å². The molecule has 0 amide bonds. The van der Waals surface area contributed by atoms with Crippen LogP contribution in [0.1, 0.15) is 12.0 Å². The number of carbonyl (C=O) groups is 1. The van der Waals surface area contributed by atoms with Crippen molar-refractivity contribution in [2.45, 2.75) is 19.9 Å². The third-order valence-electron chi connectivity index (χ3n) is 4.19. The van der Waals surface area contributed by atoms with E-state index in [0.717, 1.165) is 5.56 Å². The summed E-state index contributed by atoms with van der Waals surface area (Å²) in [7, 11) is 0. The first-order chi connectivity index (χ1) is 12.6. The molecule has 7 nitrogen and oxygen atoms in total. The van der Waals surface area contributed by atoms with Crippen LogP contribution in [0.3, 0.4) is 0 Å². The van der Waals surface area contributed by atoms with Gasteiger partial charge in [-0.3, -0.25) is 14.2 Å². The highest BCUT2D eigenvalue weighted by Crippen LogP contribution is 2.35. The molecule has 0 unspecified atom stereocenters. The second-order valence-corrected chi connectivity index (χ2v) is 5.95. The monoisotopic (exact) mass is 352 g/mol. The normalized spacial score (nSPS) is 12.3. The number of ether oxygens (including phenoxy) is 3. The molecule has 0 N–H and O–H groups in total. The molecular formula is C19H16N2O5. The van der Waals surface area contributed by atoms with Gasteiger partial charge >= 0.3 is 5.97 Å². The van der Waals surface area contributed by atoms with E-state index in [1.165, 1.54) is 10.9 Å². The summed E-state index contributed by atoms with van der Waals surface area (Å²) in [6.07, 6.45) is 1.51. The summed E-state index contributed by atoms with van der Waals surface area (Å²) in [6, 6.07) is 10.4. The van der Waals surface area contributed by atoms with Gasteiger partial charge in [-0.05, 0) is 30.7 Å². The van der Waals surface area contributed by atoms with Gasteiger partial charge in [0.25, 0.3) is 5.56 Å². The molecule has 3 aromatic rings. The SMILES string of the molecule is Cc1cccc2c(=O)n(CCC(=O)Oc3ccc4c(c3)OCO4)cnc12. The fourth-order valence-electron chi connectivity index (χ4n) is 2.83. The van der Waals surface area contributed by atoms with Crippen LogP contribution in [0.25, 0.3) is 10.9 Å². The number of aromatic nitrogens is 2. The lowest BCUT2D eigenvalue weighted by molar-refractivity contribution is -0.134.